The molecule has 2 rings (SSSR count). The second-order valence-electron chi connectivity index (χ2n) is 4.32. The van der Waals surface area contributed by atoms with Crippen LogP contribution in [0.2, 0.25) is 0 Å². The monoisotopic (exact) mass is 179 g/mol. The topological polar surface area (TPSA) is 20.3 Å². The largest absolute Gasteiger partial charge is 0.339 e. The van der Waals surface area contributed by atoms with Gasteiger partial charge in [0, 0.05) is 19.5 Å². The Hall–Kier alpha value is -0.790. The molecule has 2 atom stereocenters. The molecule has 1 heterocycles. The van der Waals surface area contributed by atoms with Crippen LogP contribution in [0, 0.1) is 5.92 Å². The number of likely N-dealkylation sites (tertiary alicyclic amines) is 1. The fraction of sp³-hybridized carbons (Fsp3) is 0.727. The molecule has 0 aromatic carbocycles. The van der Waals surface area contributed by atoms with E-state index in [1.807, 2.05) is 0 Å². The Morgan fingerprint density at radius 1 is 1.62 bits per heavy atom. The third-order valence-electron chi connectivity index (χ3n) is 3.39. The number of amides is 1. The maximum absolute atomic E-state index is 11.3. The molecule has 1 amide bonds. The second-order valence-corrected chi connectivity index (χ2v) is 4.32. The number of carbonyl (C=O) groups is 1. The first-order valence-electron chi connectivity index (χ1n) is 5.11. The van der Waals surface area contributed by atoms with Gasteiger partial charge in [0.25, 0.3) is 0 Å². The molecule has 13 heavy (non-hydrogen) atoms. The van der Waals surface area contributed by atoms with Gasteiger partial charge >= 0.3 is 0 Å². The molecule has 0 N–H and O–H groups in total. The third-order valence-corrected chi connectivity index (χ3v) is 3.39. The highest BCUT2D eigenvalue weighted by Crippen LogP contribution is 2.35. The Balaban J connectivity index is 2.13. The molecular formula is C11H17NO. The zero-order valence-electron chi connectivity index (χ0n) is 8.42. The van der Waals surface area contributed by atoms with Crippen LogP contribution in [0.4, 0.5) is 0 Å². The van der Waals surface area contributed by atoms with E-state index in [1.165, 1.54) is 18.4 Å². The fourth-order valence-corrected chi connectivity index (χ4v) is 2.63. The number of fused-ring (bicyclic) bond motifs is 1. The van der Waals surface area contributed by atoms with Crippen molar-refractivity contribution in [1.29, 1.82) is 0 Å². The first-order chi connectivity index (χ1) is 6.18. The van der Waals surface area contributed by atoms with E-state index < -0.39 is 0 Å². The number of hydrogen-bond donors (Lipinski definition) is 0. The molecule has 2 heteroatoms. The molecule has 0 spiro atoms. The minimum Gasteiger partial charge on any atom is -0.339 e. The van der Waals surface area contributed by atoms with Crippen LogP contribution in [0.1, 0.15) is 33.1 Å². The molecule has 0 radical (unpaired) electrons. The highest BCUT2D eigenvalue weighted by Gasteiger charge is 2.36. The maximum Gasteiger partial charge on any atom is 0.219 e. The van der Waals surface area contributed by atoms with Crippen molar-refractivity contribution < 1.29 is 4.79 Å². The zero-order valence-corrected chi connectivity index (χ0v) is 8.42. The van der Waals surface area contributed by atoms with Crippen molar-refractivity contribution in [3.8, 4) is 0 Å². The standard InChI is InChI=1S/C11H17NO/c1-8-3-4-10-5-6-12(9(2)13)11(10)7-8/h3,10-11H,4-7H2,1-2H3. The summed E-state index contributed by atoms with van der Waals surface area (Å²) in [4.78, 5) is 13.4. The summed E-state index contributed by atoms with van der Waals surface area (Å²) < 4.78 is 0. The van der Waals surface area contributed by atoms with Crippen molar-refractivity contribution in [3.63, 3.8) is 0 Å². The van der Waals surface area contributed by atoms with Crippen LogP contribution in [0.25, 0.3) is 0 Å². The van der Waals surface area contributed by atoms with E-state index in [0.29, 0.717) is 6.04 Å². The first kappa shape index (κ1) is 8.79. The molecule has 1 fully saturated rings. The lowest BCUT2D eigenvalue weighted by Crippen LogP contribution is -2.37. The molecule has 0 aromatic heterocycles. The predicted molar refractivity (Wildman–Crippen MR) is 52.3 cm³/mol. The van der Waals surface area contributed by atoms with Crippen molar-refractivity contribution >= 4 is 5.91 Å². The van der Waals surface area contributed by atoms with Gasteiger partial charge in [0.15, 0.2) is 0 Å². The summed E-state index contributed by atoms with van der Waals surface area (Å²) in [6.07, 6.45) is 5.82. The molecule has 0 bridgehead atoms. The number of carbonyl (C=O) groups excluding carboxylic acids is 1. The molecule has 0 aromatic rings. The Kier molecular flexibility index (Phi) is 2.14. The van der Waals surface area contributed by atoms with Crippen molar-refractivity contribution in [2.75, 3.05) is 6.54 Å². The van der Waals surface area contributed by atoms with Crippen molar-refractivity contribution in [2.24, 2.45) is 5.92 Å². The van der Waals surface area contributed by atoms with Gasteiger partial charge in [0.2, 0.25) is 5.91 Å². The minimum absolute atomic E-state index is 0.252. The van der Waals surface area contributed by atoms with Gasteiger partial charge in [-0.25, -0.2) is 0 Å². The summed E-state index contributed by atoms with van der Waals surface area (Å²) >= 11 is 0. The van der Waals surface area contributed by atoms with E-state index in [4.69, 9.17) is 0 Å². The Bertz CT molecular complexity index is 257. The van der Waals surface area contributed by atoms with Gasteiger partial charge in [-0.05, 0) is 32.1 Å². The molecule has 1 saturated heterocycles. The molecule has 2 unspecified atom stereocenters. The maximum atomic E-state index is 11.3. The van der Waals surface area contributed by atoms with Gasteiger partial charge in [-0.2, -0.15) is 0 Å². The normalized spacial score (nSPS) is 32.8. The number of nitrogens with zero attached hydrogens (tertiary/aromatic N) is 1. The number of allylic oxidation sites excluding steroid dienone is 1. The van der Waals surface area contributed by atoms with Gasteiger partial charge in [0.1, 0.15) is 0 Å². The molecule has 1 aliphatic carbocycles. The Morgan fingerprint density at radius 2 is 2.38 bits per heavy atom. The van der Waals surface area contributed by atoms with E-state index in [2.05, 4.69) is 17.9 Å². The van der Waals surface area contributed by atoms with E-state index in [0.717, 1.165) is 18.9 Å². The molecule has 72 valence electrons. The van der Waals surface area contributed by atoms with Crippen LogP contribution in [-0.4, -0.2) is 23.4 Å². The lowest BCUT2D eigenvalue weighted by molar-refractivity contribution is -0.130. The highest BCUT2D eigenvalue weighted by molar-refractivity contribution is 5.74. The van der Waals surface area contributed by atoms with Gasteiger partial charge < -0.3 is 4.90 Å². The van der Waals surface area contributed by atoms with Gasteiger partial charge in [-0.3, -0.25) is 4.79 Å². The van der Waals surface area contributed by atoms with Crippen LogP contribution in [0.15, 0.2) is 11.6 Å². The van der Waals surface area contributed by atoms with Crippen LogP contribution >= 0.6 is 0 Å². The summed E-state index contributed by atoms with van der Waals surface area (Å²) in [6, 6.07) is 0.516. The van der Waals surface area contributed by atoms with Crippen molar-refractivity contribution in [2.45, 2.75) is 39.2 Å². The summed E-state index contributed by atoms with van der Waals surface area (Å²) in [6.45, 7) is 4.84. The molecule has 2 nitrogen and oxygen atoms in total. The minimum atomic E-state index is 0.252. The Labute approximate surface area is 79.6 Å². The van der Waals surface area contributed by atoms with Crippen LogP contribution in [0.3, 0.4) is 0 Å². The van der Waals surface area contributed by atoms with E-state index in [-0.39, 0.29) is 5.91 Å². The van der Waals surface area contributed by atoms with Crippen molar-refractivity contribution in [1.82, 2.24) is 4.90 Å². The van der Waals surface area contributed by atoms with Crippen molar-refractivity contribution in [3.05, 3.63) is 11.6 Å². The van der Waals surface area contributed by atoms with E-state index in [1.54, 1.807) is 6.92 Å². The van der Waals surface area contributed by atoms with Gasteiger partial charge in [-0.15, -0.1) is 0 Å². The Morgan fingerprint density at radius 3 is 3.08 bits per heavy atom. The summed E-state index contributed by atoms with van der Waals surface area (Å²) in [5, 5.41) is 0. The smallest absolute Gasteiger partial charge is 0.219 e. The first-order valence-corrected chi connectivity index (χ1v) is 5.11. The third kappa shape index (κ3) is 1.50. The van der Waals surface area contributed by atoms with Crippen LogP contribution in [0.5, 0.6) is 0 Å². The SMILES string of the molecule is CC(=O)N1CCC2CC=C(C)CC21. The second kappa shape index (κ2) is 3.17. The van der Waals surface area contributed by atoms with E-state index >= 15 is 0 Å². The van der Waals surface area contributed by atoms with Crippen LogP contribution < -0.4 is 0 Å². The zero-order chi connectivity index (χ0) is 9.42. The number of hydrogen-bond acceptors (Lipinski definition) is 1. The van der Waals surface area contributed by atoms with Gasteiger partial charge in [0.05, 0.1) is 0 Å². The predicted octanol–water partition coefficient (Wildman–Crippen LogP) is 1.96. The number of rotatable bonds is 0. The summed E-state index contributed by atoms with van der Waals surface area (Å²) in [7, 11) is 0. The highest BCUT2D eigenvalue weighted by atomic mass is 16.2. The molecule has 2 aliphatic rings. The summed E-state index contributed by atoms with van der Waals surface area (Å²) in [5.41, 5.74) is 1.45. The molecule has 1 aliphatic heterocycles. The molecular weight excluding hydrogens is 162 g/mol. The van der Waals surface area contributed by atoms with Crippen LogP contribution in [-0.2, 0) is 4.79 Å². The quantitative estimate of drug-likeness (QED) is 0.520. The van der Waals surface area contributed by atoms with E-state index in [9.17, 15) is 4.79 Å². The fourth-order valence-electron chi connectivity index (χ4n) is 2.63. The average Bonchev–Trinajstić information content (AvgIpc) is 2.46. The lowest BCUT2D eigenvalue weighted by Gasteiger charge is -2.30. The summed E-state index contributed by atoms with van der Waals surface area (Å²) in [5.74, 6) is 0.995. The van der Waals surface area contributed by atoms with Gasteiger partial charge in [-0.1, -0.05) is 11.6 Å². The average molecular weight is 179 g/mol. The lowest BCUT2D eigenvalue weighted by atomic mass is 9.86. The molecule has 0 saturated carbocycles.